The number of amides is 4. The maximum absolute atomic E-state index is 11.7. The number of urea groups is 1. The molecule has 3 rings (SSSR count). The van der Waals surface area contributed by atoms with Crippen molar-refractivity contribution in [2.75, 3.05) is 38.2 Å². The van der Waals surface area contributed by atoms with E-state index in [1.807, 2.05) is 17.9 Å². The molecule has 1 aromatic carbocycles. The Hall–Kier alpha value is -2.19. The Labute approximate surface area is 174 Å². The summed E-state index contributed by atoms with van der Waals surface area (Å²) in [6, 6.07) is 2.79. The normalized spacial score (nSPS) is 18.8. The van der Waals surface area contributed by atoms with Crippen molar-refractivity contribution in [2.45, 2.75) is 26.3 Å². The van der Waals surface area contributed by atoms with Crippen LogP contribution >= 0.6 is 23.2 Å². The topological polar surface area (TPSA) is 91.0 Å². The van der Waals surface area contributed by atoms with Crippen molar-refractivity contribution in [1.82, 2.24) is 15.5 Å². The van der Waals surface area contributed by atoms with Gasteiger partial charge in [0.05, 0.1) is 22.8 Å². The summed E-state index contributed by atoms with van der Waals surface area (Å²) in [6.07, 6.45) is 0.552. The molecule has 4 amide bonds. The van der Waals surface area contributed by atoms with Gasteiger partial charge in [-0.25, -0.2) is 4.79 Å². The average Bonchev–Trinajstić information content (AvgIpc) is 2.98. The Morgan fingerprint density at radius 1 is 1.18 bits per heavy atom. The first-order valence-corrected chi connectivity index (χ1v) is 9.69. The van der Waals surface area contributed by atoms with Crippen LogP contribution in [0.5, 0.6) is 5.75 Å². The number of piperazine rings is 1. The van der Waals surface area contributed by atoms with Crippen molar-refractivity contribution in [2.24, 2.45) is 0 Å². The third kappa shape index (κ3) is 5.42. The monoisotopic (exact) mass is 430 g/mol. The smallest absolute Gasteiger partial charge is 0.322 e. The van der Waals surface area contributed by atoms with Crippen molar-refractivity contribution >= 4 is 46.7 Å². The molecule has 0 aliphatic carbocycles. The lowest BCUT2D eigenvalue weighted by atomic mass is 10.2. The third-order valence-corrected chi connectivity index (χ3v) is 5.20. The lowest BCUT2D eigenvalue weighted by Crippen LogP contribution is -2.48. The summed E-state index contributed by atoms with van der Waals surface area (Å²) in [5.41, 5.74) is 0.922. The SMILES string of the molecule is CC1NC(=O)NC1=O.CCC(=O)N1CCN(c2cc(Cl)c(Cl)cc2OC)CC1. The van der Waals surface area contributed by atoms with E-state index < -0.39 is 6.03 Å². The van der Waals surface area contributed by atoms with Crippen LogP contribution in [0.4, 0.5) is 10.5 Å². The number of nitrogens with one attached hydrogen (secondary N) is 2. The quantitative estimate of drug-likeness (QED) is 0.717. The molecule has 2 saturated heterocycles. The molecule has 0 aromatic heterocycles. The van der Waals surface area contributed by atoms with Crippen LogP contribution in [0.1, 0.15) is 20.3 Å². The first-order chi connectivity index (χ1) is 13.3. The van der Waals surface area contributed by atoms with E-state index in [1.165, 1.54) is 0 Å². The summed E-state index contributed by atoms with van der Waals surface area (Å²) in [5.74, 6) is 0.649. The van der Waals surface area contributed by atoms with Gasteiger partial charge < -0.3 is 19.9 Å². The van der Waals surface area contributed by atoms with Gasteiger partial charge in [0.15, 0.2) is 0 Å². The highest BCUT2D eigenvalue weighted by atomic mass is 35.5. The van der Waals surface area contributed by atoms with Gasteiger partial charge in [-0.05, 0) is 13.0 Å². The first-order valence-electron chi connectivity index (χ1n) is 8.93. The van der Waals surface area contributed by atoms with Crippen LogP contribution in [0.3, 0.4) is 0 Å². The van der Waals surface area contributed by atoms with Gasteiger partial charge in [0.25, 0.3) is 0 Å². The van der Waals surface area contributed by atoms with E-state index in [0.29, 0.717) is 22.2 Å². The van der Waals surface area contributed by atoms with Crippen LogP contribution in [0.25, 0.3) is 0 Å². The standard InChI is InChI=1S/C14H18Cl2N2O2.C4H6N2O2/c1-3-14(19)18-6-4-17(5-7-18)12-8-10(15)11(16)9-13(12)20-2;1-2-3(7)6-4(8)5-2/h8-9H,3-7H2,1-2H3;2H,1H3,(H2,5,6,7,8). The van der Waals surface area contributed by atoms with Gasteiger partial charge in [0.2, 0.25) is 11.8 Å². The molecule has 0 radical (unpaired) electrons. The number of benzene rings is 1. The zero-order valence-electron chi connectivity index (χ0n) is 16.1. The van der Waals surface area contributed by atoms with Crippen molar-refractivity contribution in [3.05, 3.63) is 22.2 Å². The predicted octanol–water partition coefficient (Wildman–Crippen LogP) is 2.27. The Balaban J connectivity index is 0.000000292. The van der Waals surface area contributed by atoms with E-state index in [1.54, 1.807) is 20.1 Å². The van der Waals surface area contributed by atoms with E-state index in [-0.39, 0.29) is 17.9 Å². The molecule has 10 heteroatoms. The number of hydrogen-bond donors (Lipinski definition) is 2. The van der Waals surface area contributed by atoms with Crippen molar-refractivity contribution in [3.63, 3.8) is 0 Å². The zero-order valence-corrected chi connectivity index (χ0v) is 17.6. The molecule has 0 saturated carbocycles. The number of nitrogens with zero attached hydrogens (tertiary/aromatic N) is 2. The Morgan fingerprint density at radius 2 is 1.79 bits per heavy atom. The summed E-state index contributed by atoms with van der Waals surface area (Å²) in [6.45, 7) is 6.48. The summed E-state index contributed by atoms with van der Waals surface area (Å²) < 4.78 is 5.36. The van der Waals surface area contributed by atoms with E-state index in [9.17, 15) is 14.4 Å². The van der Waals surface area contributed by atoms with Gasteiger partial charge in [-0.15, -0.1) is 0 Å². The van der Waals surface area contributed by atoms with Crippen LogP contribution in [-0.4, -0.2) is 62.1 Å². The van der Waals surface area contributed by atoms with Crippen LogP contribution in [0.15, 0.2) is 12.1 Å². The maximum atomic E-state index is 11.7. The second-order valence-electron chi connectivity index (χ2n) is 6.34. The number of rotatable bonds is 3. The van der Waals surface area contributed by atoms with Gasteiger partial charge in [-0.3, -0.25) is 14.9 Å². The minimum Gasteiger partial charge on any atom is -0.495 e. The second-order valence-corrected chi connectivity index (χ2v) is 7.16. The van der Waals surface area contributed by atoms with E-state index in [4.69, 9.17) is 27.9 Å². The van der Waals surface area contributed by atoms with E-state index in [0.717, 1.165) is 31.9 Å². The number of halogens is 2. The molecular weight excluding hydrogens is 407 g/mol. The maximum Gasteiger partial charge on any atom is 0.322 e. The number of ether oxygens (including phenoxy) is 1. The average molecular weight is 431 g/mol. The fourth-order valence-electron chi connectivity index (χ4n) is 2.87. The highest BCUT2D eigenvalue weighted by Gasteiger charge is 2.24. The van der Waals surface area contributed by atoms with Gasteiger partial charge in [0.1, 0.15) is 11.8 Å². The molecule has 2 N–H and O–H groups in total. The van der Waals surface area contributed by atoms with Crippen molar-refractivity contribution < 1.29 is 19.1 Å². The second kappa shape index (κ2) is 9.84. The lowest BCUT2D eigenvalue weighted by Gasteiger charge is -2.36. The number of hydrogen-bond acceptors (Lipinski definition) is 5. The van der Waals surface area contributed by atoms with Crippen molar-refractivity contribution in [1.29, 1.82) is 0 Å². The van der Waals surface area contributed by atoms with Crippen molar-refractivity contribution in [3.8, 4) is 5.75 Å². The molecule has 8 nitrogen and oxygen atoms in total. The molecule has 0 bridgehead atoms. The number of methoxy groups -OCH3 is 1. The minimum absolute atomic E-state index is 0.200. The van der Waals surface area contributed by atoms with Crippen LogP contribution in [0, 0.1) is 0 Å². The first kappa shape index (κ1) is 22.1. The van der Waals surface area contributed by atoms with Gasteiger partial charge in [-0.2, -0.15) is 0 Å². The molecule has 1 aromatic rings. The Kier molecular flexibility index (Phi) is 7.77. The molecule has 1 atom stereocenters. The van der Waals surface area contributed by atoms with Gasteiger partial charge >= 0.3 is 6.03 Å². The van der Waals surface area contributed by atoms with E-state index >= 15 is 0 Å². The van der Waals surface area contributed by atoms with Gasteiger partial charge in [0, 0.05) is 38.7 Å². The lowest BCUT2D eigenvalue weighted by molar-refractivity contribution is -0.131. The molecule has 2 fully saturated rings. The molecule has 2 aliphatic heterocycles. The summed E-state index contributed by atoms with van der Waals surface area (Å²) in [7, 11) is 1.61. The van der Waals surface area contributed by atoms with Crippen LogP contribution in [0.2, 0.25) is 10.0 Å². The Morgan fingerprint density at radius 3 is 2.21 bits per heavy atom. The number of imide groups is 1. The molecule has 154 valence electrons. The minimum atomic E-state index is -0.400. The molecule has 0 spiro atoms. The van der Waals surface area contributed by atoms with Gasteiger partial charge in [-0.1, -0.05) is 30.1 Å². The number of carbonyl (C=O) groups is 3. The fraction of sp³-hybridized carbons (Fsp3) is 0.500. The molecule has 1 unspecified atom stereocenters. The highest BCUT2D eigenvalue weighted by molar-refractivity contribution is 6.42. The number of carbonyl (C=O) groups excluding carboxylic acids is 3. The molecule has 2 heterocycles. The van der Waals surface area contributed by atoms with Crippen LogP contribution < -0.4 is 20.3 Å². The highest BCUT2D eigenvalue weighted by Crippen LogP contribution is 2.36. The predicted molar refractivity (Wildman–Crippen MR) is 108 cm³/mol. The summed E-state index contributed by atoms with van der Waals surface area (Å²) >= 11 is 12.1. The van der Waals surface area contributed by atoms with Crippen LogP contribution in [-0.2, 0) is 9.59 Å². The largest absolute Gasteiger partial charge is 0.495 e. The molecule has 2 aliphatic rings. The molecular formula is C18H24Cl2N4O4. The third-order valence-electron chi connectivity index (χ3n) is 4.47. The summed E-state index contributed by atoms with van der Waals surface area (Å²) in [5, 5.41) is 5.43. The van der Waals surface area contributed by atoms with E-state index in [2.05, 4.69) is 15.5 Å². The number of anilines is 1. The fourth-order valence-corrected chi connectivity index (χ4v) is 3.18. The summed E-state index contributed by atoms with van der Waals surface area (Å²) in [4.78, 5) is 36.3. The zero-order chi connectivity index (χ0) is 20.8. The molecule has 28 heavy (non-hydrogen) atoms. The Bertz CT molecular complexity index is 751.